The number of rotatable bonds is 8. The van der Waals surface area contributed by atoms with Crippen LogP contribution in [0.3, 0.4) is 0 Å². The van der Waals surface area contributed by atoms with Crippen molar-refractivity contribution >= 4 is 13.5 Å². The smallest absolute Gasteiger partial charge is 0.122 e. The normalized spacial score (nSPS) is 11.4. The van der Waals surface area contributed by atoms with Gasteiger partial charge >= 0.3 is 0 Å². The molecule has 5 aromatic carbocycles. The van der Waals surface area contributed by atoms with Crippen LogP contribution in [0, 0.1) is 0 Å². The summed E-state index contributed by atoms with van der Waals surface area (Å²) in [7, 11) is 2.42. The van der Waals surface area contributed by atoms with Crippen LogP contribution >= 0.6 is 0 Å². The standard InChI is InChI=1S/C28H27B.C10H15N/c1-2-27(23-15-7-3-8-16-23,24-17-9-4-10-18-24)28(29,25-19-11-5-12-20-25)26-21-13-6-14-22-26;1-3-8-6-5-7-10(11)9(8)4-2/h3-22H,2,29H2,1H3;5-7H,3-4,11H2,1-2H3. The minimum absolute atomic E-state index is 0.210. The molecule has 0 unspecified atom stereocenters. The van der Waals surface area contributed by atoms with Crippen molar-refractivity contribution in [2.45, 2.75) is 50.8 Å². The van der Waals surface area contributed by atoms with E-state index in [0.717, 1.165) is 24.9 Å². The quantitative estimate of drug-likeness (QED) is 0.161. The van der Waals surface area contributed by atoms with Gasteiger partial charge in [-0.25, -0.2) is 0 Å². The molecule has 0 amide bonds. The molecule has 40 heavy (non-hydrogen) atoms. The molecule has 0 heterocycles. The van der Waals surface area contributed by atoms with Crippen molar-refractivity contribution in [3.8, 4) is 0 Å². The van der Waals surface area contributed by atoms with E-state index in [1.807, 2.05) is 12.1 Å². The van der Waals surface area contributed by atoms with E-state index in [1.165, 1.54) is 33.4 Å². The molecule has 0 saturated carbocycles. The Morgan fingerprint density at radius 3 is 1.23 bits per heavy atom. The lowest BCUT2D eigenvalue weighted by Gasteiger charge is -2.51. The Hall–Kier alpha value is -4.04. The molecule has 5 aromatic rings. The van der Waals surface area contributed by atoms with Gasteiger partial charge in [0, 0.05) is 16.4 Å². The Bertz CT molecular complexity index is 1370. The van der Waals surface area contributed by atoms with Crippen molar-refractivity contribution in [2.24, 2.45) is 0 Å². The third-order valence-corrected chi connectivity index (χ3v) is 8.66. The summed E-state index contributed by atoms with van der Waals surface area (Å²) in [6.45, 7) is 6.63. The van der Waals surface area contributed by atoms with Gasteiger partial charge in [0.2, 0.25) is 0 Å². The number of anilines is 1. The summed E-state index contributed by atoms with van der Waals surface area (Å²) in [5, 5.41) is -0.243. The molecule has 0 aliphatic carbocycles. The van der Waals surface area contributed by atoms with E-state index in [9.17, 15) is 0 Å². The maximum Gasteiger partial charge on any atom is 0.122 e. The number of hydrogen-bond donors (Lipinski definition) is 1. The summed E-state index contributed by atoms with van der Waals surface area (Å²) in [6, 6.07) is 50.2. The summed E-state index contributed by atoms with van der Waals surface area (Å²) in [5.41, 5.74) is 14.6. The Balaban J connectivity index is 0.000000283. The lowest BCUT2D eigenvalue weighted by Crippen LogP contribution is -2.51. The van der Waals surface area contributed by atoms with Crippen LogP contribution in [0.4, 0.5) is 5.69 Å². The van der Waals surface area contributed by atoms with Crippen LogP contribution < -0.4 is 5.73 Å². The molecule has 2 heteroatoms. The van der Waals surface area contributed by atoms with Crippen LogP contribution in [0.1, 0.15) is 60.6 Å². The molecule has 0 aliphatic rings. The second-order valence-corrected chi connectivity index (χ2v) is 10.5. The Kier molecular flexibility index (Phi) is 9.67. The highest BCUT2D eigenvalue weighted by molar-refractivity contribution is 6.20. The van der Waals surface area contributed by atoms with E-state index >= 15 is 0 Å². The molecular formula is C38H42BN. The van der Waals surface area contributed by atoms with E-state index in [0.29, 0.717) is 0 Å². The predicted octanol–water partition coefficient (Wildman–Crippen LogP) is 8.35. The van der Waals surface area contributed by atoms with Gasteiger partial charge in [0.15, 0.2) is 0 Å². The van der Waals surface area contributed by atoms with Crippen LogP contribution in [0.25, 0.3) is 0 Å². The average Bonchev–Trinajstić information content (AvgIpc) is 3.03. The molecule has 0 aromatic heterocycles. The highest BCUT2D eigenvalue weighted by atomic mass is 14.6. The van der Waals surface area contributed by atoms with E-state index in [1.54, 1.807) is 0 Å². The van der Waals surface area contributed by atoms with Gasteiger partial charge in [0.05, 0.1) is 0 Å². The molecule has 0 spiro atoms. The van der Waals surface area contributed by atoms with Gasteiger partial charge in [-0.3, -0.25) is 0 Å². The summed E-state index contributed by atoms with van der Waals surface area (Å²) in [5.74, 6) is 0. The molecule has 0 atom stereocenters. The van der Waals surface area contributed by atoms with Gasteiger partial charge in [0.25, 0.3) is 0 Å². The molecular weight excluding hydrogens is 481 g/mol. The molecule has 0 radical (unpaired) electrons. The molecule has 202 valence electrons. The molecule has 5 rings (SSSR count). The zero-order chi connectivity index (χ0) is 28.4. The third-order valence-electron chi connectivity index (χ3n) is 8.66. The van der Waals surface area contributed by atoms with Crippen molar-refractivity contribution < 1.29 is 0 Å². The first-order valence-corrected chi connectivity index (χ1v) is 14.6. The highest BCUT2D eigenvalue weighted by Gasteiger charge is 2.50. The zero-order valence-corrected chi connectivity index (χ0v) is 24.5. The second kappa shape index (κ2) is 13.4. The first kappa shape index (κ1) is 29.0. The van der Waals surface area contributed by atoms with Gasteiger partial charge < -0.3 is 5.73 Å². The third kappa shape index (κ3) is 5.49. The van der Waals surface area contributed by atoms with E-state index < -0.39 is 0 Å². The van der Waals surface area contributed by atoms with E-state index in [-0.39, 0.29) is 10.7 Å². The predicted molar refractivity (Wildman–Crippen MR) is 176 cm³/mol. The molecule has 0 fully saturated rings. The van der Waals surface area contributed by atoms with Crippen molar-refractivity contribution in [2.75, 3.05) is 5.73 Å². The molecule has 2 N–H and O–H groups in total. The van der Waals surface area contributed by atoms with Gasteiger partial charge in [-0.2, -0.15) is 0 Å². The van der Waals surface area contributed by atoms with E-state index in [4.69, 9.17) is 5.73 Å². The number of benzene rings is 5. The number of nitrogen functional groups attached to an aromatic ring is 1. The van der Waals surface area contributed by atoms with Gasteiger partial charge in [-0.1, -0.05) is 154 Å². The average molecular weight is 524 g/mol. The Labute approximate surface area is 242 Å². The fraction of sp³-hybridized carbons (Fsp3) is 0.211. The first-order chi connectivity index (χ1) is 19.5. The highest BCUT2D eigenvalue weighted by Crippen LogP contribution is 2.53. The first-order valence-electron chi connectivity index (χ1n) is 14.6. The van der Waals surface area contributed by atoms with Gasteiger partial charge in [0.1, 0.15) is 7.85 Å². The van der Waals surface area contributed by atoms with Crippen LogP contribution in [-0.4, -0.2) is 7.85 Å². The zero-order valence-electron chi connectivity index (χ0n) is 24.5. The summed E-state index contributed by atoms with van der Waals surface area (Å²) in [4.78, 5) is 0. The summed E-state index contributed by atoms with van der Waals surface area (Å²) in [6.07, 6.45) is 3.10. The molecule has 1 nitrogen and oxygen atoms in total. The number of hydrogen-bond acceptors (Lipinski definition) is 1. The van der Waals surface area contributed by atoms with Gasteiger partial charge in [-0.05, 0) is 58.7 Å². The van der Waals surface area contributed by atoms with E-state index in [2.05, 4.69) is 156 Å². The van der Waals surface area contributed by atoms with Gasteiger partial charge in [-0.15, -0.1) is 0 Å². The maximum absolute atomic E-state index is 5.81. The fourth-order valence-electron chi connectivity index (χ4n) is 6.57. The van der Waals surface area contributed by atoms with Crippen LogP contribution in [-0.2, 0) is 23.6 Å². The minimum atomic E-state index is -0.243. The molecule has 0 bridgehead atoms. The molecule has 0 saturated heterocycles. The van der Waals surface area contributed by atoms with Crippen LogP contribution in [0.2, 0.25) is 0 Å². The Morgan fingerprint density at radius 1 is 0.500 bits per heavy atom. The maximum atomic E-state index is 5.81. The van der Waals surface area contributed by atoms with Crippen molar-refractivity contribution in [3.63, 3.8) is 0 Å². The summed E-state index contributed by atoms with van der Waals surface area (Å²) < 4.78 is 0. The SMILES string of the molecule is BC(c1ccccc1)(c1ccccc1)C(CC)(c1ccccc1)c1ccccc1.CCc1cccc(N)c1CC. The van der Waals surface area contributed by atoms with Crippen molar-refractivity contribution in [3.05, 3.63) is 173 Å². The monoisotopic (exact) mass is 523 g/mol. The van der Waals surface area contributed by atoms with Crippen LogP contribution in [0.15, 0.2) is 140 Å². The Morgan fingerprint density at radius 2 is 0.900 bits per heavy atom. The van der Waals surface area contributed by atoms with Crippen molar-refractivity contribution in [1.29, 1.82) is 0 Å². The topological polar surface area (TPSA) is 26.0 Å². The summed E-state index contributed by atoms with van der Waals surface area (Å²) >= 11 is 0. The molecule has 0 aliphatic heterocycles. The lowest BCUT2D eigenvalue weighted by molar-refractivity contribution is 0.394. The largest absolute Gasteiger partial charge is 0.398 e. The van der Waals surface area contributed by atoms with Crippen LogP contribution in [0.5, 0.6) is 0 Å². The van der Waals surface area contributed by atoms with Crippen molar-refractivity contribution in [1.82, 2.24) is 0 Å². The lowest BCUT2D eigenvalue weighted by atomic mass is 9.42. The second-order valence-electron chi connectivity index (χ2n) is 10.5. The number of aryl methyl sites for hydroxylation is 1. The minimum Gasteiger partial charge on any atom is -0.398 e. The number of nitrogens with two attached hydrogens (primary N) is 1. The fourth-order valence-corrected chi connectivity index (χ4v) is 6.57.